The van der Waals surface area contributed by atoms with Crippen molar-refractivity contribution in [3.05, 3.63) is 101 Å². The lowest BCUT2D eigenvalue weighted by molar-refractivity contribution is -0.137. The van der Waals surface area contributed by atoms with Gasteiger partial charge in [0.2, 0.25) is 0 Å². The monoisotopic (exact) mass is 412 g/mol. The Kier molecular flexibility index (Phi) is 5.58. The van der Waals surface area contributed by atoms with Crippen LogP contribution in [0.1, 0.15) is 22.3 Å². The van der Waals surface area contributed by atoms with Crippen LogP contribution in [0.5, 0.6) is 5.75 Å². The van der Waals surface area contributed by atoms with E-state index in [-0.39, 0.29) is 18.4 Å². The van der Waals surface area contributed by atoms with Gasteiger partial charge >= 0.3 is 0 Å². The largest absolute Gasteiger partial charge is 0.497 e. The van der Waals surface area contributed by atoms with Crippen LogP contribution >= 0.6 is 0 Å². The van der Waals surface area contributed by atoms with Crippen molar-refractivity contribution < 1.29 is 14.3 Å². The first-order valence-corrected chi connectivity index (χ1v) is 10.1. The van der Waals surface area contributed by atoms with E-state index in [1.54, 1.807) is 7.11 Å². The summed E-state index contributed by atoms with van der Waals surface area (Å²) in [4.78, 5) is 28.1. The van der Waals surface area contributed by atoms with Crippen molar-refractivity contribution in [1.29, 1.82) is 0 Å². The molecule has 3 aromatic carbocycles. The SMILES string of the molecule is COc1ccc(CN2C(=O)C(Nc3cccc(C)c3C)=C(c3ccccc3)C2=O)cc1. The van der Waals surface area contributed by atoms with Crippen molar-refractivity contribution in [2.45, 2.75) is 20.4 Å². The van der Waals surface area contributed by atoms with E-state index in [2.05, 4.69) is 5.32 Å². The number of imide groups is 1. The molecule has 0 atom stereocenters. The third-order valence-corrected chi connectivity index (χ3v) is 5.59. The van der Waals surface area contributed by atoms with Crippen LogP contribution in [0.2, 0.25) is 0 Å². The first kappa shape index (κ1) is 20.4. The number of benzene rings is 3. The maximum atomic E-state index is 13.4. The maximum Gasteiger partial charge on any atom is 0.278 e. The molecule has 1 heterocycles. The molecule has 0 radical (unpaired) electrons. The molecule has 3 aromatic rings. The van der Waals surface area contributed by atoms with E-state index >= 15 is 0 Å². The maximum absolute atomic E-state index is 13.4. The minimum Gasteiger partial charge on any atom is -0.497 e. The zero-order valence-electron chi connectivity index (χ0n) is 17.8. The minimum atomic E-state index is -0.333. The quantitative estimate of drug-likeness (QED) is 0.596. The smallest absolute Gasteiger partial charge is 0.278 e. The number of aryl methyl sites for hydroxylation is 1. The highest BCUT2D eigenvalue weighted by molar-refractivity contribution is 6.36. The zero-order valence-corrected chi connectivity index (χ0v) is 17.8. The number of anilines is 1. The number of nitrogens with zero attached hydrogens (tertiary/aromatic N) is 1. The van der Waals surface area contributed by atoms with E-state index in [9.17, 15) is 9.59 Å². The van der Waals surface area contributed by atoms with Crippen LogP contribution in [-0.4, -0.2) is 23.8 Å². The van der Waals surface area contributed by atoms with Gasteiger partial charge in [-0.1, -0.05) is 54.6 Å². The summed E-state index contributed by atoms with van der Waals surface area (Å²) in [6, 6.07) is 22.5. The molecule has 0 aliphatic carbocycles. The highest BCUT2D eigenvalue weighted by Crippen LogP contribution is 2.32. The third-order valence-electron chi connectivity index (χ3n) is 5.59. The second kappa shape index (κ2) is 8.48. The molecule has 1 aliphatic rings. The Morgan fingerprint density at radius 2 is 1.55 bits per heavy atom. The second-order valence-corrected chi connectivity index (χ2v) is 7.53. The van der Waals surface area contributed by atoms with Gasteiger partial charge in [-0.05, 0) is 54.3 Å². The van der Waals surface area contributed by atoms with Gasteiger partial charge < -0.3 is 10.1 Å². The molecule has 156 valence electrons. The summed E-state index contributed by atoms with van der Waals surface area (Å²) in [5.41, 5.74) is 5.22. The number of methoxy groups -OCH3 is 1. The summed E-state index contributed by atoms with van der Waals surface area (Å²) in [5.74, 6) is 0.0867. The van der Waals surface area contributed by atoms with E-state index in [1.807, 2.05) is 86.6 Å². The van der Waals surface area contributed by atoms with Gasteiger partial charge in [-0.2, -0.15) is 0 Å². The van der Waals surface area contributed by atoms with Crippen LogP contribution in [-0.2, 0) is 16.1 Å². The Morgan fingerprint density at radius 3 is 2.23 bits per heavy atom. The first-order valence-electron chi connectivity index (χ1n) is 10.1. The molecule has 31 heavy (non-hydrogen) atoms. The van der Waals surface area contributed by atoms with Crippen LogP contribution in [0, 0.1) is 13.8 Å². The van der Waals surface area contributed by atoms with Crippen molar-refractivity contribution in [3.8, 4) is 5.75 Å². The molecule has 0 bridgehead atoms. The Balaban J connectivity index is 1.72. The van der Waals surface area contributed by atoms with E-state index in [0.717, 1.165) is 28.1 Å². The summed E-state index contributed by atoms with van der Waals surface area (Å²) in [7, 11) is 1.60. The average molecular weight is 412 g/mol. The van der Waals surface area contributed by atoms with Crippen LogP contribution in [0.4, 0.5) is 5.69 Å². The van der Waals surface area contributed by atoms with Crippen LogP contribution in [0.3, 0.4) is 0 Å². The summed E-state index contributed by atoms with van der Waals surface area (Å²) in [6.45, 7) is 4.21. The molecule has 0 fully saturated rings. The predicted octanol–water partition coefficient (Wildman–Crippen LogP) is 4.70. The lowest BCUT2D eigenvalue weighted by Gasteiger charge is -2.16. The number of carbonyl (C=O) groups excluding carboxylic acids is 2. The van der Waals surface area contributed by atoms with Gasteiger partial charge in [-0.3, -0.25) is 14.5 Å². The number of carbonyl (C=O) groups is 2. The van der Waals surface area contributed by atoms with Gasteiger partial charge in [-0.15, -0.1) is 0 Å². The van der Waals surface area contributed by atoms with Gasteiger partial charge in [0.1, 0.15) is 11.4 Å². The molecular formula is C26H24N2O3. The second-order valence-electron chi connectivity index (χ2n) is 7.53. The first-order chi connectivity index (χ1) is 15.0. The molecule has 0 aromatic heterocycles. The number of amides is 2. The average Bonchev–Trinajstić information content (AvgIpc) is 3.02. The standard InChI is InChI=1S/C26H24N2O3/c1-17-8-7-11-22(18(17)2)27-24-23(20-9-5-4-6-10-20)25(29)28(26(24)30)16-19-12-14-21(31-3)15-13-19/h4-15,27H,16H2,1-3H3. The molecule has 0 saturated carbocycles. The van der Waals surface area contributed by atoms with Crippen molar-refractivity contribution in [2.75, 3.05) is 12.4 Å². The highest BCUT2D eigenvalue weighted by atomic mass is 16.5. The zero-order chi connectivity index (χ0) is 22.0. The number of hydrogen-bond acceptors (Lipinski definition) is 4. The minimum absolute atomic E-state index is 0.190. The highest BCUT2D eigenvalue weighted by Gasteiger charge is 2.39. The number of ether oxygens (including phenoxy) is 1. The Hall–Kier alpha value is -3.86. The van der Waals surface area contributed by atoms with Gasteiger partial charge in [0.15, 0.2) is 0 Å². The Bertz CT molecular complexity index is 1170. The molecule has 4 rings (SSSR count). The Labute approximate surface area is 182 Å². The fourth-order valence-electron chi connectivity index (χ4n) is 3.64. The molecule has 5 heteroatoms. The molecule has 1 aliphatic heterocycles. The number of rotatable bonds is 6. The van der Waals surface area contributed by atoms with E-state index in [4.69, 9.17) is 4.74 Å². The topological polar surface area (TPSA) is 58.6 Å². The van der Waals surface area contributed by atoms with Gasteiger partial charge in [0.25, 0.3) is 11.8 Å². The number of nitrogens with one attached hydrogen (secondary N) is 1. The van der Waals surface area contributed by atoms with Crippen LogP contribution < -0.4 is 10.1 Å². The summed E-state index contributed by atoms with van der Waals surface area (Å²) in [5, 5.41) is 3.26. The summed E-state index contributed by atoms with van der Waals surface area (Å²) >= 11 is 0. The van der Waals surface area contributed by atoms with Crippen LogP contribution in [0.15, 0.2) is 78.5 Å². The molecular weight excluding hydrogens is 388 g/mol. The van der Waals surface area contributed by atoms with Gasteiger partial charge in [-0.25, -0.2) is 0 Å². The molecule has 2 amide bonds. The number of hydrogen-bond donors (Lipinski definition) is 1. The van der Waals surface area contributed by atoms with Gasteiger partial charge in [0.05, 0.1) is 19.2 Å². The van der Waals surface area contributed by atoms with Crippen molar-refractivity contribution in [2.24, 2.45) is 0 Å². The van der Waals surface area contributed by atoms with Crippen molar-refractivity contribution >= 4 is 23.1 Å². The van der Waals surface area contributed by atoms with E-state index < -0.39 is 0 Å². The van der Waals surface area contributed by atoms with Gasteiger partial charge in [0, 0.05) is 5.69 Å². The molecule has 5 nitrogen and oxygen atoms in total. The van der Waals surface area contributed by atoms with Crippen LogP contribution in [0.25, 0.3) is 5.57 Å². The fraction of sp³-hybridized carbons (Fsp3) is 0.154. The lowest BCUT2D eigenvalue weighted by Crippen LogP contribution is -2.32. The van der Waals surface area contributed by atoms with Crippen molar-refractivity contribution in [3.63, 3.8) is 0 Å². The normalized spacial score (nSPS) is 13.7. The third kappa shape index (κ3) is 3.94. The van der Waals surface area contributed by atoms with E-state index in [1.165, 1.54) is 4.90 Å². The van der Waals surface area contributed by atoms with E-state index in [0.29, 0.717) is 16.8 Å². The fourth-order valence-corrected chi connectivity index (χ4v) is 3.64. The summed E-state index contributed by atoms with van der Waals surface area (Å²) < 4.78 is 5.19. The lowest BCUT2D eigenvalue weighted by atomic mass is 10.0. The predicted molar refractivity (Wildman–Crippen MR) is 121 cm³/mol. The molecule has 0 saturated heterocycles. The summed E-state index contributed by atoms with van der Waals surface area (Å²) in [6.07, 6.45) is 0. The molecule has 0 unspecified atom stereocenters. The Morgan fingerprint density at radius 1 is 0.839 bits per heavy atom. The molecule has 0 spiro atoms. The van der Waals surface area contributed by atoms with Crippen molar-refractivity contribution in [1.82, 2.24) is 4.90 Å². The molecule has 1 N–H and O–H groups in total.